The number of benzene rings is 2. The van der Waals surface area contributed by atoms with Crippen LogP contribution in [0.2, 0.25) is 0 Å². The van der Waals surface area contributed by atoms with E-state index < -0.39 is 18.1 Å². The summed E-state index contributed by atoms with van der Waals surface area (Å²) in [6, 6.07) is 9.68. The lowest BCUT2D eigenvalue weighted by Gasteiger charge is -2.41. The number of aromatic nitrogens is 5. The summed E-state index contributed by atoms with van der Waals surface area (Å²) in [6.07, 6.45) is 0.800. The fraction of sp³-hybridized carbons (Fsp3) is 0.407. The van der Waals surface area contributed by atoms with E-state index in [4.69, 9.17) is 9.15 Å². The molecule has 4 aromatic rings. The van der Waals surface area contributed by atoms with Crippen LogP contribution >= 0.6 is 0 Å². The van der Waals surface area contributed by atoms with Crippen molar-refractivity contribution in [3.8, 4) is 22.7 Å². The first-order valence-corrected chi connectivity index (χ1v) is 13.1. The van der Waals surface area contributed by atoms with Crippen molar-refractivity contribution in [2.45, 2.75) is 31.9 Å². The molecule has 2 aliphatic rings. The molecule has 13 heteroatoms. The fourth-order valence-electron chi connectivity index (χ4n) is 5.23. The van der Waals surface area contributed by atoms with E-state index in [9.17, 15) is 13.2 Å². The first kappa shape index (κ1) is 26.4. The lowest BCUT2D eigenvalue weighted by Crippen LogP contribution is -2.51. The van der Waals surface area contributed by atoms with Crippen molar-refractivity contribution in [2.75, 3.05) is 44.3 Å². The van der Waals surface area contributed by atoms with Crippen molar-refractivity contribution in [3.63, 3.8) is 0 Å². The quantitative estimate of drug-likeness (QED) is 0.306. The zero-order valence-corrected chi connectivity index (χ0v) is 21.5. The Morgan fingerprint density at radius 2 is 1.62 bits per heavy atom. The summed E-state index contributed by atoms with van der Waals surface area (Å²) < 4.78 is 67.1. The Labute approximate surface area is 227 Å². The van der Waals surface area contributed by atoms with E-state index in [-0.39, 0.29) is 29.4 Å². The number of nitrogens with zero attached hydrogens (tertiary/aromatic N) is 7. The highest BCUT2D eigenvalue weighted by atomic mass is 19.3. The van der Waals surface area contributed by atoms with Crippen LogP contribution in [0.3, 0.4) is 0 Å². The molecule has 0 atom stereocenters. The van der Waals surface area contributed by atoms with Crippen molar-refractivity contribution in [2.24, 2.45) is 0 Å². The zero-order valence-electron chi connectivity index (χ0n) is 21.5. The first-order valence-electron chi connectivity index (χ1n) is 13.1. The smallest absolute Gasteiger partial charge is 0.314 e. The third-order valence-corrected chi connectivity index (χ3v) is 7.40. The highest BCUT2D eigenvalue weighted by Crippen LogP contribution is 2.28. The second-order valence-electron chi connectivity index (χ2n) is 9.89. The maximum Gasteiger partial charge on any atom is 0.314 e. The van der Waals surface area contributed by atoms with Crippen LogP contribution in [0.15, 0.2) is 47.0 Å². The molecular weight excluding hydrogens is 530 g/mol. The lowest BCUT2D eigenvalue weighted by atomic mass is 10.1. The van der Waals surface area contributed by atoms with Gasteiger partial charge in [0.1, 0.15) is 17.3 Å². The molecule has 2 aromatic carbocycles. The Bertz CT molecular complexity index is 1460. The van der Waals surface area contributed by atoms with Crippen molar-refractivity contribution in [1.29, 1.82) is 0 Å². The summed E-state index contributed by atoms with van der Waals surface area (Å²) in [5.41, 5.74) is 2.05. The van der Waals surface area contributed by atoms with Crippen LogP contribution < -0.4 is 4.90 Å². The minimum atomic E-state index is -2.91. The Morgan fingerprint density at radius 3 is 2.33 bits per heavy atom. The minimum absolute atomic E-state index is 0.0587. The van der Waals surface area contributed by atoms with Crippen LogP contribution in [0.1, 0.15) is 30.7 Å². The first-order chi connectivity index (χ1) is 19.4. The molecule has 210 valence electrons. The lowest BCUT2D eigenvalue weighted by molar-refractivity contribution is 0.0321. The van der Waals surface area contributed by atoms with E-state index in [1.165, 1.54) is 22.9 Å². The SMILES string of the molecule is Fc1cc(-c2nnc(C(F)F)o2)ccc1Cn1cc(-c2ccc(N3CCN(C4CCOCC4)CC3)c(F)c2)nn1. The molecule has 0 N–H and O–H groups in total. The summed E-state index contributed by atoms with van der Waals surface area (Å²) in [5.74, 6) is -1.95. The average molecular weight is 558 g/mol. The van der Waals surface area contributed by atoms with E-state index in [1.807, 2.05) is 6.07 Å². The number of ether oxygens (including phenoxy) is 1. The summed E-state index contributed by atoms with van der Waals surface area (Å²) in [7, 11) is 0. The Kier molecular flexibility index (Phi) is 7.48. The third-order valence-electron chi connectivity index (χ3n) is 7.40. The topological polar surface area (TPSA) is 85.3 Å². The van der Waals surface area contributed by atoms with Crippen LogP contribution in [0.25, 0.3) is 22.7 Å². The standard InChI is InChI=1S/C27H27F4N7O2/c28-21-14-18(26-33-34-27(40-26)25(30)31)1-2-19(21)15-38-16-23(32-35-38)17-3-4-24(22(29)13-17)37-9-7-36(8-10-37)20-5-11-39-12-6-20/h1-4,13-14,16,20,25H,5-12,15H2. The van der Waals surface area contributed by atoms with Gasteiger partial charge in [-0.1, -0.05) is 17.3 Å². The molecule has 0 amide bonds. The van der Waals surface area contributed by atoms with E-state index in [0.717, 1.165) is 58.3 Å². The van der Waals surface area contributed by atoms with Gasteiger partial charge in [-0.05, 0) is 37.1 Å². The van der Waals surface area contributed by atoms with E-state index in [0.29, 0.717) is 23.0 Å². The van der Waals surface area contributed by atoms with Crippen molar-refractivity contribution < 1.29 is 26.7 Å². The molecule has 0 radical (unpaired) electrons. The van der Waals surface area contributed by atoms with E-state index in [2.05, 4.69) is 30.3 Å². The van der Waals surface area contributed by atoms with Crippen molar-refractivity contribution >= 4 is 5.69 Å². The molecule has 0 unspecified atom stereocenters. The minimum Gasteiger partial charge on any atom is -0.415 e. The summed E-state index contributed by atoms with van der Waals surface area (Å²) >= 11 is 0. The van der Waals surface area contributed by atoms with Crippen LogP contribution in [-0.4, -0.2) is 75.5 Å². The number of anilines is 1. The summed E-state index contributed by atoms with van der Waals surface area (Å²) in [4.78, 5) is 4.55. The van der Waals surface area contributed by atoms with Gasteiger partial charge in [0.05, 0.1) is 18.4 Å². The van der Waals surface area contributed by atoms with E-state index >= 15 is 4.39 Å². The van der Waals surface area contributed by atoms with Crippen LogP contribution in [0.5, 0.6) is 0 Å². The Balaban J connectivity index is 1.10. The largest absolute Gasteiger partial charge is 0.415 e. The van der Waals surface area contributed by atoms with Crippen molar-refractivity contribution in [3.05, 3.63) is 65.7 Å². The molecular formula is C27H27F4N7O2. The van der Waals surface area contributed by atoms with Crippen LogP contribution in [0, 0.1) is 11.6 Å². The number of halogens is 4. The third kappa shape index (κ3) is 5.56. The molecule has 4 heterocycles. The monoisotopic (exact) mass is 557 g/mol. The molecule has 40 heavy (non-hydrogen) atoms. The average Bonchev–Trinajstić information content (AvgIpc) is 3.66. The maximum absolute atomic E-state index is 15.2. The molecule has 6 rings (SSSR count). The molecule has 2 aliphatic heterocycles. The highest BCUT2D eigenvalue weighted by Gasteiger charge is 2.26. The highest BCUT2D eigenvalue weighted by molar-refractivity contribution is 5.63. The van der Waals surface area contributed by atoms with Gasteiger partial charge < -0.3 is 14.1 Å². The molecule has 2 saturated heterocycles. The second kappa shape index (κ2) is 11.3. The van der Waals surface area contributed by atoms with Gasteiger partial charge in [-0.15, -0.1) is 15.3 Å². The molecule has 0 saturated carbocycles. The predicted molar refractivity (Wildman–Crippen MR) is 137 cm³/mol. The van der Waals surface area contributed by atoms with Crippen LogP contribution in [0.4, 0.5) is 23.2 Å². The van der Waals surface area contributed by atoms with Gasteiger partial charge in [-0.25, -0.2) is 13.5 Å². The van der Waals surface area contributed by atoms with E-state index in [1.54, 1.807) is 12.3 Å². The summed E-state index contributed by atoms with van der Waals surface area (Å²) in [6.45, 7) is 4.97. The fourth-order valence-corrected chi connectivity index (χ4v) is 5.23. The molecule has 0 spiro atoms. The normalized spacial score (nSPS) is 17.2. The van der Waals surface area contributed by atoms with Crippen LogP contribution in [-0.2, 0) is 11.3 Å². The second-order valence-corrected chi connectivity index (χ2v) is 9.89. The number of hydrogen-bond donors (Lipinski definition) is 0. The maximum atomic E-state index is 15.2. The zero-order chi connectivity index (χ0) is 27.6. The van der Waals surface area contributed by atoms with Gasteiger partial charge in [0.15, 0.2) is 0 Å². The molecule has 2 fully saturated rings. The molecule has 9 nitrogen and oxygen atoms in total. The Morgan fingerprint density at radius 1 is 0.875 bits per heavy atom. The molecule has 2 aromatic heterocycles. The van der Waals surface area contributed by atoms with Gasteiger partial charge in [-0.3, -0.25) is 4.90 Å². The van der Waals surface area contributed by atoms with Gasteiger partial charge in [0.2, 0.25) is 5.89 Å². The summed E-state index contributed by atoms with van der Waals surface area (Å²) in [5, 5.41) is 15.0. The van der Waals surface area contributed by atoms with Gasteiger partial charge in [0, 0.05) is 62.1 Å². The van der Waals surface area contributed by atoms with Gasteiger partial charge in [-0.2, -0.15) is 8.78 Å². The number of hydrogen-bond acceptors (Lipinski definition) is 8. The number of alkyl halides is 2. The van der Waals surface area contributed by atoms with Gasteiger partial charge in [0.25, 0.3) is 5.89 Å². The number of rotatable bonds is 7. The number of piperazine rings is 1. The van der Waals surface area contributed by atoms with Crippen molar-refractivity contribution in [1.82, 2.24) is 30.1 Å². The Hall–Kier alpha value is -3.84. The predicted octanol–water partition coefficient (Wildman–Crippen LogP) is 4.56. The molecule has 0 bridgehead atoms. The molecule has 0 aliphatic carbocycles. The van der Waals surface area contributed by atoms with Gasteiger partial charge >= 0.3 is 6.43 Å².